The lowest BCUT2D eigenvalue weighted by molar-refractivity contribution is -0.121. The summed E-state index contributed by atoms with van der Waals surface area (Å²) in [5, 5.41) is 9.38. The third kappa shape index (κ3) is 7.00. The van der Waals surface area contributed by atoms with Crippen LogP contribution in [0.15, 0.2) is 60.7 Å². The monoisotopic (exact) mass is 432 g/mol. The number of rotatable bonds is 5. The quantitative estimate of drug-likeness (QED) is 0.716. The topological polar surface area (TPSA) is 50.6 Å². The van der Waals surface area contributed by atoms with Crippen molar-refractivity contribution < 1.29 is 4.79 Å². The molecule has 0 atom stereocenters. The molecule has 2 fully saturated rings. The predicted octanol–water partition coefficient (Wildman–Crippen LogP) is 3.96. The highest BCUT2D eigenvalue weighted by molar-refractivity contribution is 5.79. The summed E-state index contributed by atoms with van der Waals surface area (Å²) in [5.41, 5.74) is 2.43. The van der Waals surface area contributed by atoms with Crippen LogP contribution in [0.4, 0.5) is 0 Å². The molecule has 0 aliphatic carbocycles. The summed E-state index contributed by atoms with van der Waals surface area (Å²) < 4.78 is 0. The molecule has 0 aromatic heterocycles. The molecule has 5 nitrogen and oxygen atoms in total. The summed E-state index contributed by atoms with van der Waals surface area (Å²) in [6.45, 7) is 5.83. The van der Waals surface area contributed by atoms with Gasteiger partial charge in [-0.1, -0.05) is 60.7 Å². The van der Waals surface area contributed by atoms with E-state index in [0.717, 1.165) is 65.0 Å². The van der Waals surface area contributed by atoms with E-state index >= 15 is 0 Å². The van der Waals surface area contributed by atoms with Gasteiger partial charge in [0, 0.05) is 52.1 Å². The first-order valence-corrected chi connectivity index (χ1v) is 11.6. The van der Waals surface area contributed by atoms with Gasteiger partial charge >= 0.3 is 0 Å². The average Bonchev–Trinajstić information content (AvgIpc) is 2.83. The molecule has 4 rings (SSSR count). The molecular weight excluding hydrogens is 396 g/mol. The number of nitriles is 1. The Balaban J connectivity index is 0.000000186. The van der Waals surface area contributed by atoms with Crippen LogP contribution in [0.1, 0.15) is 36.8 Å². The van der Waals surface area contributed by atoms with Crippen LogP contribution in [0.5, 0.6) is 0 Å². The SMILES string of the molecule is CN(C)C1(C#N)CCN(Cc2ccccc2)CC1.O=C1CCN(Cc2ccccc2)CC1. The number of hydrogen-bond donors (Lipinski definition) is 0. The molecular formula is C27H36N4O. The first kappa shape index (κ1) is 24.1. The van der Waals surface area contributed by atoms with Crippen LogP contribution in [-0.2, 0) is 17.9 Å². The third-order valence-corrected chi connectivity index (χ3v) is 6.66. The Bertz CT molecular complexity index is 858. The van der Waals surface area contributed by atoms with Gasteiger partial charge in [-0.25, -0.2) is 0 Å². The van der Waals surface area contributed by atoms with Gasteiger partial charge in [-0.3, -0.25) is 19.5 Å². The van der Waals surface area contributed by atoms with Crippen molar-refractivity contribution in [3.05, 3.63) is 71.8 Å². The van der Waals surface area contributed by atoms with Gasteiger partial charge in [0.25, 0.3) is 0 Å². The van der Waals surface area contributed by atoms with E-state index in [1.54, 1.807) is 0 Å². The van der Waals surface area contributed by atoms with Gasteiger partial charge < -0.3 is 0 Å². The predicted molar refractivity (Wildman–Crippen MR) is 129 cm³/mol. The minimum absolute atomic E-state index is 0.257. The molecule has 0 saturated carbocycles. The molecule has 0 spiro atoms. The molecule has 2 aliphatic heterocycles. The van der Waals surface area contributed by atoms with Gasteiger partial charge in [-0.05, 0) is 38.1 Å². The number of likely N-dealkylation sites (tertiary alicyclic amines) is 2. The van der Waals surface area contributed by atoms with Gasteiger partial charge in [-0.15, -0.1) is 0 Å². The second kappa shape index (κ2) is 11.9. The molecule has 2 heterocycles. The van der Waals surface area contributed by atoms with Crippen molar-refractivity contribution in [2.24, 2.45) is 0 Å². The highest BCUT2D eigenvalue weighted by atomic mass is 16.1. The van der Waals surface area contributed by atoms with Gasteiger partial charge in [-0.2, -0.15) is 5.26 Å². The number of carbonyl (C=O) groups excluding carboxylic acids is 1. The van der Waals surface area contributed by atoms with Crippen molar-refractivity contribution in [3.63, 3.8) is 0 Å². The molecule has 2 saturated heterocycles. The van der Waals surface area contributed by atoms with E-state index in [4.69, 9.17) is 0 Å². The summed E-state index contributed by atoms with van der Waals surface area (Å²) in [7, 11) is 4.02. The Morgan fingerprint density at radius 1 is 0.812 bits per heavy atom. The highest BCUT2D eigenvalue weighted by Crippen LogP contribution is 2.27. The molecule has 2 aliphatic rings. The van der Waals surface area contributed by atoms with Gasteiger partial charge in [0.2, 0.25) is 0 Å². The maximum absolute atomic E-state index is 11.0. The first-order valence-electron chi connectivity index (χ1n) is 11.6. The molecule has 0 unspecified atom stereocenters. The summed E-state index contributed by atoms with van der Waals surface area (Å²) in [6.07, 6.45) is 3.33. The zero-order valence-corrected chi connectivity index (χ0v) is 19.5. The van der Waals surface area contributed by atoms with E-state index in [-0.39, 0.29) is 5.54 Å². The van der Waals surface area contributed by atoms with Crippen LogP contribution in [0.2, 0.25) is 0 Å². The van der Waals surface area contributed by atoms with Crippen LogP contribution >= 0.6 is 0 Å². The number of carbonyl (C=O) groups is 1. The second-order valence-corrected chi connectivity index (χ2v) is 9.10. The van der Waals surface area contributed by atoms with E-state index in [2.05, 4.69) is 69.3 Å². The number of nitrogens with zero attached hydrogens (tertiary/aromatic N) is 4. The van der Waals surface area contributed by atoms with Crippen molar-refractivity contribution in [1.29, 1.82) is 5.26 Å². The number of piperidine rings is 2. The standard InChI is InChI=1S/C15H21N3.C12H15NO/c1-17(2)15(13-16)8-10-18(11-9-15)12-14-6-4-3-5-7-14;14-12-6-8-13(9-7-12)10-11-4-2-1-3-5-11/h3-7H,8-12H2,1-2H3;1-5H,6-10H2. The fourth-order valence-electron chi connectivity index (χ4n) is 4.38. The molecule has 5 heteroatoms. The average molecular weight is 433 g/mol. The number of hydrogen-bond acceptors (Lipinski definition) is 5. The van der Waals surface area contributed by atoms with Crippen LogP contribution < -0.4 is 0 Å². The van der Waals surface area contributed by atoms with E-state index in [1.807, 2.05) is 26.2 Å². The maximum Gasteiger partial charge on any atom is 0.135 e. The first-order chi connectivity index (χ1) is 15.5. The lowest BCUT2D eigenvalue weighted by atomic mass is 9.87. The number of benzene rings is 2. The Morgan fingerprint density at radius 2 is 1.25 bits per heavy atom. The van der Waals surface area contributed by atoms with Gasteiger partial charge in [0.05, 0.1) is 6.07 Å². The fraction of sp³-hybridized carbons (Fsp3) is 0.481. The molecule has 0 N–H and O–H groups in total. The highest BCUT2D eigenvalue weighted by Gasteiger charge is 2.36. The molecule has 0 amide bonds. The Kier molecular flexibility index (Phi) is 8.99. The Morgan fingerprint density at radius 3 is 1.66 bits per heavy atom. The Hall–Kier alpha value is -2.52. The van der Waals surface area contributed by atoms with Gasteiger partial charge in [0.15, 0.2) is 0 Å². The summed E-state index contributed by atoms with van der Waals surface area (Å²) in [4.78, 5) is 17.9. The van der Waals surface area contributed by atoms with E-state index in [9.17, 15) is 10.1 Å². The summed E-state index contributed by atoms with van der Waals surface area (Å²) in [6, 6.07) is 23.5. The van der Waals surface area contributed by atoms with Crippen LogP contribution in [0.3, 0.4) is 0 Å². The van der Waals surface area contributed by atoms with Crippen LogP contribution in [0, 0.1) is 11.3 Å². The molecule has 0 radical (unpaired) electrons. The van der Waals surface area contributed by atoms with Gasteiger partial charge in [0.1, 0.15) is 11.3 Å². The van der Waals surface area contributed by atoms with E-state index < -0.39 is 0 Å². The minimum Gasteiger partial charge on any atom is -0.300 e. The summed E-state index contributed by atoms with van der Waals surface area (Å²) in [5.74, 6) is 0.411. The van der Waals surface area contributed by atoms with Crippen LogP contribution in [0.25, 0.3) is 0 Å². The van der Waals surface area contributed by atoms with Crippen molar-refractivity contribution >= 4 is 5.78 Å². The molecule has 32 heavy (non-hydrogen) atoms. The van der Waals surface area contributed by atoms with Crippen molar-refractivity contribution in [3.8, 4) is 6.07 Å². The maximum atomic E-state index is 11.0. The molecule has 170 valence electrons. The molecule has 2 aromatic rings. The lowest BCUT2D eigenvalue weighted by Crippen LogP contribution is -2.51. The second-order valence-electron chi connectivity index (χ2n) is 9.10. The lowest BCUT2D eigenvalue weighted by Gasteiger charge is -2.41. The Labute approximate surface area is 193 Å². The molecule has 2 aromatic carbocycles. The zero-order valence-electron chi connectivity index (χ0n) is 19.5. The molecule has 0 bridgehead atoms. The third-order valence-electron chi connectivity index (χ3n) is 6.66. The summed E-state index contributed by atoms with van der Waals surface area (Å²) >= 11 is 0. The number of Topliss-reactive ketones (excluding diaryl/α,β-unsaturated/α-hetero) is 1. The largest absolute Gasteiger partial charge is 0.300 e. The van der Waals surface area contributed by atoms with Crippen LogP contribution in [-0.4, -0.2) is 66.3 Å². The van der Waals surface area contributed by atoms with E-state index in [0.29, 0.717) is 5.78 Å². The fourth-order valence-corrected chi connectivity index (χ4v) is 4.38. The number of ketones is 1. The normalized spacial score (nSPS) is 19.1. The van der Waals surface area contributed by atoms with Crippen molar-refractivity contribution in [2.45, 2.75) is 44.3 Å². The smallest absolute Gasteiger partial charge is 0.135 e. The minimum atomic E-state index is -0.257. The van der Waals surface area contributed by atoms with Crippen molar-refractivity contribution in [2.75, 3.05) is 40.3 Å². The van der Waals surface area contributed by atoms with E-state index in [1.165, 1.54) is 11.1 Å². The van der Waals surface area contributed by atoms with Crippen molar-refractivity contribution in [1.82, 2.24) is 14.7 Å². The zero-order chi connectivity index (χ0) is 22.8.